The van der Waals surface area contributed by atoms with Crippen molar-refractivity contribution in [2.75, 3.05) is 5.73 Å². The summed E-state index contributed by atoms with van der Waals surface area (Å²) >= 11 is 1.37. The first-order chi connectivity index (χ1) is 6.31. The Morgan fingerprint density at radius 1 is 1.54 bits per heavy atom. The molecule has 0 spiro atoms. The van der Waals surface area contributed by atoms with Crippen molar-refractivity contribution in [2.24, 2.45) is 0 Å². The molecule has 13 heavy (non-hydrogen) atoms. The number of thiophene rings is 1. The van der Waals surface area contributed by atoms with Gasteiger partial charge in [0.1, 0.15) is 10.9 Å². The molecular weight excluding hydrogens is 184 g/mol. The van der Waals surface area contributed by atoms with Crippen molar-refractivity contribution >= 4 is 17.0 Å². The Hall–Kier alpha value is -1.73. The molecule has 0 fully saturated rings. The van der Waals surface area contributed by atoms with Crippen LogP contribution in [0.25, 0.3) is 10.4 Å². The average molecular weight is 190 g/mol. The predicted octanol–water partition coefficient (Wildman–Crippen LogP) is 2.46. The standard InChI is InChI=1S/C9H6N2OS/c10-4-9-7(11)3-8(13-9)6-1-2-12-5-6/h1-3,5H,11H2. The summed E-state index contributed by atoms with van der Waals surface area (Å²) in [5, 5.41) is 8.69. The van der Waals surface area contributed by atoms with Gasteiger partial charge in [-0.1, -0.05) is 0 Å². The van der Waals surface area contributed by atoms with Crippen molar-refractivity contribution in [3.8, 4) is 16.5 Å². The lowest BCUT2D eigenvalue weighted by Gasteiger charge is -1.84. The third-order valence-corrected chi connectivity index (χ3v) is 2.77. The van der Waals surface area contributed by atoms with Crippen LogP contribution >= 0.6 is 11.3 Å². The van der Waals surface area contributed by atoms with Crippen LogP contribution in [0.15, 0.2) is 29.1 Å². The van der Waals surface area contributed by atoms with E-state index < -0.39 is 0 Å². The lowest BCUT2D eigenvalue weighted by Crippen LogP contribution is -1.81. The molecule has 0 unspecified atom stereocenters. The molecule has 0 aromatic carbocycles. The maximum absolute atomic E-state index is 8.69. The minimum absolute atomic E-state index is 0.531. The third-order valence-electron chi connectivity index (χ3n) is 1.67. The van der Waals surface area contributed by atoms with Gasteiger partial charge in [0.25, 0.3) is 0 Å². The van der Waals surface area contributed by atoms with Crippen molar-refractivity contribution < 1.29 is 4.42 Å². The van der Waals surface area contributed by atoms with Crippen LogP contribution in [0, 0.1) is 11.3 Å². The number of hydrogen-bond acceptors (Lipinski definition) is 4. The highest BCUT2D eigenvalue weighted by Gasteiger charge is 2.07. The zero-order valence-corrected chi connectivity index (χ0v) is 7.47. The van der Waals surface area contributed by atoms with Crippen molar-refractivity contribution in [3.05, 3.63) is 29.5 Å². The Balaban J connectivity index is 2.50. The van der Waals surface area contributed by atoms with E-state index in [2.05, 4.69) is 0 Å². The normalized spacial score (nSPS) is 9.77. The predicted molar refractivity (Wildman–Crippen MR) is 51.1 cm³/mol. The molecule has 4 heteroatoms. The van der Waals surface area contributed by atoms with Crippen LogP contribution in [0.1, 0.15) is 4.88 Å². The summed E-state index contributed by atoms with van der Waals surface area (Å²) in [5.74, 6) is 0. The fraction of sp³-hybridized carbons (Fsp3) is 0. The largest absolute Gasteiger partial charge is 0.472 e. The zero-order valence-electron chi connectivity index (χ0n) is 6.65. The van der Waals surface area contributed by atoms with E-state index in [1.165, 1.54) is 11.3 Å². The van der Waals surface area contributed by atoms with Crippen LogP contribution in [0.4, 0.5) is 5.69 Å². The summed E-state index contributed by atoms with van der Waals surface area (Å²) in [5.41, 5.74) is 7.10. The molecule has 0 aliphatic carbocycles. The topological polar surface area (TPSA) is 63.0 Å². The summed E-state index contributed by atoms with van der Waals surface area (Å²) in [6, 6.07) is 5.67. The maximum Gasteiger partial charge on any atom is 0.128 e. The molecular formula is C9H6N2OS. The van der Waals surface area contributed by atoms with Gasteiger partial charge in [0, 0.05) is 10.4 Å². The molecule has 2 heterocycles. The summed E-state index contributed by atoms with van der Waals surface area (Å²) < 4.78 is 4.93. The Morgan fingerprint density at radius 2 is 2.38 bits per heavy atom. The minimum atomic E-state index is 0.531. The summed E-state index contributed by atoms with van der Waals surface area (Å²) in [6.07, 6.45) is 3.23. The van der Waals surface area contributed by atoms with Gasteiger partial charge in [-0.3, -0.25) is 0 Å². The Bertz CT molecular complexity index is 450. The number of nitrogens with two attached hydrogens (primary N) is 1. The molecule has 0 saturated carbocycles. The van der Waals surface area contributed by atoms with Crippen LogP contribution in [0.5, 0.6) is 0 Å². The van der Waals surface area contributed by atoms with Gasteiger partial charge in [0.2, 0.25) is 0 Å². The SMILES string of the molecule is N#Cc1sc(-c2ccoc2)cc1N. The first kappa shape index (κ1) is 7.90. The molecule has 0 saturated heterocycles. The molecule has 2 N–H and O–H groups in total. The molecule has 3 nitrogen and oxygen atoms in total. The van der Waals surface area contributed by atoms with Gasteiger partial charge >= 0.3 is 0 Å². The maximum atomic E-state index is 8.69. The van der Waals surface area contributed by atoms with Gasteiger partial charge in [-0.25, -0.2) is 0 Å². The number of nitriles is 1. The highest BCUT2D eigenvalue weighted by atomic mass is 32.1. The van der Waals surface area contributed by atoms with E-state index in [9.17, 15) is 0 Å². The number of nitrogen functional groups attached to an aromatic ring is 1. The fourth-order valence-corrected chi connectivity index (χ4v) is 1.90. The molecule has 0 amide bonds. The van der Waals surface area contributed by atoms with Crippen LogP contribution in [0.2, 0.25) is 0 Å². The molecule has 0 aliphatic heterocycles. The molecule has 0 aliphatic rings. The zero-order chi connectivity index (χ0) is 9.26. The van der Waals surface area contributed by atoms with Crippen LogP contribution in [0.3, 0.4) is 0 Å². The first-order valence-corrected chi connectivity index (χ1v) is 4.45. The van der Waals surface area contributed by atoms with Gasteiger partial charge in [-0.05, 0) is 12.1 Å². The van der Waals surface area contributed by atoms with Gasteiger partial charge < -0.3 is 10.2 Å². The smallest absolute Gasteiger partial charge is 0.128 e. The molecule has 2 aromatic rings. The van der Waals surface area contributed by atoms with Gasteiger partial charge in [0.05, 0.1) is 18.2 Å². The third kappa shape index (κ3) is 1.30. The highest BCUT2D eigenvalue weighted by molar-refractivity contribution is 7.16. The highest BCUT2D eigenvalue weighted by Crippen LogP contribution is 2.32. The lowest BCUT2D eigenvalue weighted by atomic mass is 10.2. The van der Waals surface area contributed by atoms with Crippen molar-refractivity contribution in [3.63, 3.8) is 0 Å². The van der Waals surface area contributed by atoms with Gasteiger partial charge in [-0.15, -0.1) is 11.3 Å². The Kier molecular flexibility index (Phi) is 1.80. The molecule has 64 valence electrons. The average Bonchev–Trinajstić information content (AvgIpc) is 2.71. The monoisotopic (exact) mass is 190 g/mol. The fourth-order valence-electron chi connectivity index (χ4n) is 1.04. The minimum Gasteiger partial charge on any atom is -0.472 e. The second-order valence-electron chi connectivity index (χ2n) is 2.52. The van der Waals surface area contributed by atoms with E-state index in [1.807, 2.05) is 12.1 Å². The number of hydrogen-bond donors (Lipinski definition) is 1. The second-order valence-corrected chi connectivity index (χ2v) is 3.57. The quantitative estimate of drug-likeness (QED) is 0.751. The van der Waals surface area contributed by atoms with Crippen LogP contribution in [-0.2, 0) is 0 Å². The second kappa shape index (κ2) is 2.96. The summed E-state index contributed by atoms with van der Waals surface area (Å²) in [7, 11) is 0. The summed E-state index contributed by atoms with van der Waals surface area (Å²) in [6.45, 7) is 0. The van der Waals surface area contributed by atoms with Crippen molar-refractivity contribution in [1.29, 1.82) is 5.26 Å². The van der Waals surface area contributed by atoms with E-state index >= 15 is 0 Å². The van der Waals surface area contributed by atoms with Gasteiger partial charge in [-0.2, -0.15) is 5.26 Å². The molecule has 2 aromatic heterocycles. The van der Waals surface area contributed by atoms with Crippen LogP contribution < -0.4 is 5.73 Å². The number of furan rings is 1. The van der Waals surface area contributed by atoms with Crippen LogP contribution in [-0.4, -0.2) is 0 Å². The van der Waals surface area contributed by atoms with E-state index in [4.69, 9.17) is 15.4 Å². The van der Waals surface area contributed by atoms with E-state index in [1.54, 1.807) is 18.6 Å². The van der Waals surface area contributed by atoms with E-state index in [-0.39, 0.29) is 0 Å². The number of anilines is 1. The molecule has 0 bridgehead atoms. The first-order valence-electron chi connectivity index (χ1n) is 3.63. The van der Waals surface area contributed by atoms with Gasteiger partial charge in [0.15, 0.2) is 0 Å². The molecule has 0 radical (unpaired) electrons. The number of rotatable bonds is 1. The Labute approximate surface area is 79.0 Å². The van der Waals surface area contributed by atoms with Crippen molar-refractivity contribution in [2.45, 2.75) is 0 Å². The van der Waals surface area contributed by atoms with E-state index in [0.717, 1.165) is 10.4 Å². The molecule has 0 atom stereocenters. The number of nitrogens with zero attached hydrogens (tertiary/aromatic N) is 1. The summed E-state index contributed by atoms with van der Waals surface area (Å²) in [4.78, 5) is 1.51. The van der Waals surface area contributed by atoms with E-state index in [0.29, 0.717) is 10.6 Å². The molecule has 2 rings (SSSR count). The Morgan fingerprint density at radius 3 is 2.92 bits per heavy atom. The van der Waals surface area contributed by atoms with Crippen molar-refractivity contribution in [1.82, 2.24) is 0 Å². The lowest BCUT2D eigenvalue weighted by molar-refractivity contribution is 0.568.